The summed E-state index contributed by atoms with van der Waals surface area (Å²) >= 11 is 3.96. The van der Waals surface area contributed by atoms with Crippen molar-refractivity contribution in [3.05, 3.63) is 34.1 Å². The lowest BCUT2D eigenvalue weighted by Gasteiger charge is -2.05. The summed E-state index contributed by atoms with van der Waals surface area (Å²) in [5.41, 5.74) is -0.514. The van der Waals surface area contributed by atoms with Crippen LogP contribution in [0.15, 0.2) is 26.9 Å². The molecule has 1 heterocycles. The average molecular weight is 360 g/mol. The van der Waals surface area contributed by atoms with Crippen LogP contribution in [0.25, 0.3) is 0 Å². The van der Waals surface area contributed by atoms with Gasteiger partial charge in [-0.15, -0.1) is 10.2 Å². The van der Waals surface area contributed by atoms with Crippen molar-refractivity contribution in [1.82, 2.24) is 10.2 Å². The number of nitro benzene ring substituents is 1. The zero-order valence-electron chi connectivity index (χ0n) is 11.1. The van der Waals surface area contributed by atoms with Crippen molar-refractivity contribution < 1.29 is 14.1 Å². The van der Waals surface area contributed by atoms with Gasteiger partial charge in [-0.3, -0.25) is 14.9 Å². The van der Waals surface area contributed by atoms with Gasteiger partial charge in [-0.1, -0.05) is 34.9 Å². The van der Waals surface area contributed by atoms with Gasteiger partial charge in [0.1, 0.15) is 5.82 Å². The highest BCUT2D eigenvalue weighted by Gasteiger charge is 2.14. The summed E-state index contributed by atoms with van der Waals surface area (Å²) in [5, 5.41) is 20.7. The molecule has 1 aromatic heterocycles. The van der Waals surface area contributed by atoms with Crippen molar-refractivity contribution in [3.8, 4) is 0 Å². The molecule has 11 heteroatoms. The van der Waals surface area contributed by atoms with Gasteiger partial charge in [0.2, 0.25) is 5.91 Å². The van der Waals surface area contributed by atoms with Crippen molar-refractivity contribution in [3.63, 3.8) is 0 Å². The number of halogens is 1. The van der Waals surface area contributed by atoms with Gasteiger partial charge in [-0.2, -0.15) is 0 Å². The van der Waals surface area contributed by atoms with Crippen LogP contribution in [0.1, 0.15) is 0 Å². The lowest BCUT2D eigenvalue weighted by Crippen LogP contribution is -2.15. The standard InChI is InChI=1S/C11H9FN4O3S3/c1-20-10-14-15-11(22-10)21-5-9(17)13-8-4-6(16(18)19)2-3-7(8)12/h2-4H,5H2,1H3,(H,13,17). The van der Waals surface area contributed by atoms with Crippen LogP contribution < -0.4 is 5.32 Å². The van der Waals surface area contributed by atoms with Gasteiger partial charge in [0.25, 0.3) is 5.69 Å². The minimum absolute atomic E-state index is 0.00511. The summed E-state index contributed by atoms with van der Waals surface area (Å²) in [5.74, 6) is -1.21. The van der Waals surface area contributed by atoms with E-state index in [0.29, 0.717) is 4.34 Å². The number of hydrogen-bond acceptors (Lipinski definition) is 8. The predicted octanol–water partition coefficient (Wildman–Crippen LogP) is 3.04. The molecular formula is C11H9FN4O3S3. The number of hydrogen-bond donors (Lipinski definition) is 1. The first kappa shape index (κ1) is 16.6. The second kappa shape index (κ2) is 7.51. The molecule has 22 heavy (non-hydrogen) atoms. The van der Waals surface area contributed by atoms with Crippen LogP contribution in [0, 0.1) is 15.9 Å². The van der Waals surface area contributed by atoms with Gasteiger partial charge in [-0.25, -0.2) is 4.39 Å². The van der Waals surface area contributed by atoms with E-state index in [1.807, 2.05) is 6.26 Å². The fourth-order valence-corrected chi connectivity index (χ4v) is 3.61. The number of non-ortho nitro benzene ring substituents is 1. The largest absolute Gasteiger partial charge is 0.323 e. The molecule has 7 nitrogen and oxygen atoms in total. The van der Waals surface area contributed by atoms with E-state index < -0.39 is 16.6 Å². The number of carbonyl (C=O) groups excluding carboxylic acids is 1. The van der Waals surface area contributed by atoms with E-state index in [0.717, 1.165) is 34.3 Å². The van der Waals surface area contributed by atoms with Gasteiger partial charge in [0.15, 0.2) is 8.68 Å². The van der Waals surface area contributed by atoms with E-state index in [1.54, 1.807) is 0 Å². The highest BCUT2D eigenvalue weighted by molar-refractivity contribution is 8.03. The average Bonchev–Trinajstić information content (AvgIpc) is 2.95. The first-order valence-electron chi connectivity index (χ1n) is 5.73. The smallest absolute Gasteiger partial charge is 0.271 e. The van der Waals surface area contributed by atoms with Crippen molar-refractivity contribution in [2.75, 3.05) is 17.3 Å². The normalized spacial score (nSPS) is 10.5. The molecule has 0 fully saturated rings. The number of amides is 1. The molecule has 0 bridgehead atoms. The third-order valence-electron chi connectivity index (χ3n) is 2.32. The van der Waals surface area contributed by atoms with Gasteiger partial charge in [0.05, 0.1) is 16.4 Å². The van der Waals surface area contributed by atoms with Crippen LogP contribution in [-0.4, -0.2) is 33.0 Å². The van der Waals surface area contributed by atoms with E-state index in [4.69, 9.17) is 0 Å². The third kappa shape index (κ3) is 4.39. The third-order valence-corrected chi connectivity index (χ3v) is 5.36. The molecule has 2 aromatic rings. The van der Waals surface area contributed by atoms with Crippen molar-refractivity contribution in [2.45, 2.75) is 8.68 Å². The molecule has 1 amide bonds. The van der Waals surface area contributed by atoms with Crippen molar-refractivity contribution in [2.24, 2.45) is 0 Å². The molecule has 0 aliphatic rings. The Labute approximate surface area is 136 Å². The summed E-state index contributed by atoms with van der Waals surface area (Å²) in [7, 11) is 0. The molecule has 1 N–H and O–H groups in total. The van der Waals surface area contributed by atoms with Crippen LogP contribution in [-0.2, 0) is 4.79 Å². The Morgan fingerprint density at radius 3 is 2.82 bits per heavy atom. The van der Waals surface area contributed by atoms with Crippen molar-refractivity contribution in [1.29, 1.82) is 0 Å². The number of nitro groups is 1. The molecule has 0 aliphatic heterocycles. The van der Waals surface area contributed by atoms with Crippen LogP contribution >= 0.6 is 34.9 Å². The molecule has 2 rings (SSSR count). The van der Waals surface area contributed by atoms with Crippen molar-refractivity contribution >= 4 is 52.1 Å². The first-order chi connectivity index (χ1) is 10.5. The van der Waals surface area contributed by atoms with Gasteiger partial charge in [0, 0.05) is 12.1 Å². The lowest BCUT2D eigenvalue weighted by atomic mass is 10.2. The lowest BCUT2D eigenvalue weighted by molar-refractivity contribution is -0.384. The number of aromatic nitrogens is 2. The molecule has 0 saturated carbocycles. The zero-order chi connectivity index (χ0) is 16.1. The monoisotopic (exact) mass is 360 g/mol. The molecule has 0 unspecified atom stereocenters. The van der Waals surface area contributed by atoms with E-state index in [1.165, 1.54) is 23.1 Å². The number of carbonyl (C=O) groups is 1. The second-order valence-corrected chi connectivity index (χ2v) is 7.05. The van der Waals surface area contributed by atoms with E-state index in [2.05, 4.69) is 15.5 Å². The molecule has 0 saturated heterocycles. The molecule has 0 aliphatic carbocycles. The maximum Gasteiger partial charge on any atom is 0.271 e. The molecule has 0 spiro atoms. The number of thioether (sulfide) groups is 2. The first-order valence-corrected chi connectivity index (χ1v) is 8.76. The second-order valence-electron chi connectivity index (χ2n) is 3.80. The Morgan fingerprint density at radius 2 is 2.18 bits per heavy atom. The molecule has 116 valence electrons. The highest BCUT2D eigenvalue weighted by Crippen LogP contribution is 2.27. The van der Waals surface area contributed by atoms with Crippen LogP contribution in [0.5, 0.6) is 0 Å². The number of nitrogens with zero attached hydrogens (tertiary/aromatic N) is 3. The SMILES string of the molecule is CSc1nnc(SCC(=O)Nc2cc([N+](=O)[O-])ccc2F)s1. The highest BCUT2D eigenvalue weighted by atomic mass is 32.2. The topological polar surface area (TPSA) is 98.0 Å². The number of nitrogens with one attached hydrogen (secondary N) is 1. The van der Waals surface area contributed by atoms with E-state index in [-0.39, 0.29) is 17.1 Å². The number of benzene rings is 1. The summed E-state index contributed by atoms with van der Waals surface area (Å²) in [6.07, 6.45) is 1.87. The molecule has 0 radical (unpaired) electrons. The Hall–Kier alpha value is -1.72. The van der Waals surface area contributed by atoms with Crippen LogP contribution in [0.2, 0.25) is 0 Å². The van der Waals surface area contributed by atoms with Crippen LogP contribution in [0.3, 0.4) is 0 Å². The van der Waals surface area contributed by atoms with E-state index >= 15 is 0 Å². The predicted molar refractivity (Wildman–Crippen MR) is 84.1 cm³/mol. The maximum atomic E-state index is 13.5. The summed E-state index contributed by atoms with van der Waals surface area (Å²) in [4.78, 5) is 21.8. The van der Waals surface area contributed by atoms with Gasteiger partial charge in [-0.05, 0) is 12.3 Å². The summed E-state index contributed by atoms with van der Waals surface area (Å²) in [6.45, 7) is 0. The van der Waals surface area contributed by atoms with Crippen LogP contribution in [0.4, 0.5) is 15.8 Å². The minimum atomic E-state index is -0.732. The Bertz CT molecular complexity index is 710. The quantitative estimate of drug-likeness (QED) is 0.480. The Morgan fingerprint density at radius 1 is 1.45 bits per heavy atom. The molecular weight excluding hydrogens is 351 g/mol. The fourth-order valence-electron chi connectivity index (χ4n) is 1.37. The number of anilines is 1. The Balaban J connectivity index is 1.96. The maximum absolute atomic E-state index is 13.5. The van der Waals surface area contributed by atoms with E-state index in [9.17, 15) is 19.3 Å². The number of rotatable bonds is 6. The van der Waals surface area contributed by atoms with Gasteiger partial charge < -0.3 is 5.32 Å². The summed E-state index contributed by atoms with van der Waals surface area (Å²) < 4.78 is 14.9. The summed E-state index contributed by atoms with van der Waals surface area (Å²) in [6, 6.07) is 2.95. The fraction of sp³-hybridized carbons (Fsp3) is 0.182. The minimum Gasteiger partial charge on any atom is -0.323 e. The molecule has 0 atom stereocenters. The Kier molecular flexibility index (Phi) is 5.69. The molecule has 1 aromatic carbocycles. The zero-order valence-corrected chi connectivity index (χ0v) is 13.6. The van der Waals surface area contributed by atoms with Gasteiger partial charge >= 0.3 is 0 Å².